The molecule has 0 amide bonds. The van der Waals surface area contributed by atoms with Gasteiger partial charge in [0.1, 0.15) is 5.52 Å². The number of benzene rings is 1. The first-order valence-corrected chi connectivity index (χ1v) is 5.74. The van der Waals surface area contributed by atoms with Gasteiger partial charge in [-0.3, -0.25) is 0 Å². The zero-order valence-electron chi connectivity index (χ0n) is 8.13. The summed E-state index contributed by atoms with van der Waals surface area (Å²) in [6, 6.07) is 5.12. The van der Waals surface area contributed by atoms with E-state index in [4.69, 9.17) is 27.4 Å². The molecule has 2 aromatic rings. The molecule has 0 unspecified atom stereocenters. The number of aromatic nitrogens is 1. The maximum absolute atomic E-state index is 12.2. The summed E-state index contributed by atoms with van der Waals surface area (Å²) < 4.78 is 16.9. The van der Waals surface area contributed by atoms with E-state index in [2.05, 4.69) is 4.98 Å². The number of rotatable bonds is 2. The maximum atomic E-state index is 12.2. The highest BCUT2D eigenvalue weighted by molar-refractivity contribution is 7.89. The monoisotopic (exact) mass is 277 g/mol. The van der Waals surface area contributed by atoms with Crippen molar-refractivity contribution in [3.05, 3.63) is 33.9 Å². The van der Waals surface area contributed by atoms with Crippen molar-refractivity contribution in [3.8, 4) is 5.75 Å². The van der Waals surface area contributed by atoms with Gasteiger partial charge in [-0.2, -0.15) is 0 Å². The zero-order chi connectivity index (χ0) is 11.7. The van der Waals surface area contributed by atoms with E-state index < -0.39 is 0 Å². The van der Waals surface area contributed by atoms with Crippen LogP contribution in [-0.4, -0.2) is 4.98 Å². The Morgan fingerprint density at radius 2 is 2.06 bits per heavy atom. The van der Waals surface area contributed by atoms with E-state index in [1.165, 1.54) is 6.07 Å². The summed E-state index contributed by atoms with van der Waals surface area (Å²) in [6.07, 6.45) is 0. The molecule has 0 aliphatic carbocycles. The molecular weight excluding hydrogens is 272 g/mol. The molecule has 2 rings (SSSR count). The second kappa shape index (κ2) is 4.65. The standard InChI is InChI=1S/C10H6Cl2FNOS/c1-5-2-3-6-7(11)4-8(12)10(15-16-13)9(6)14-5/h2-4H,1H3. The molecule has 0 N–H and O–H groups in total. The van der Waals surface area contributed by atoms with E-state index >= 15 is 0 Å². The fourth-order valence-electron chi connectivity index (χ4n) is 1.40. The van der Waals surface area contributed by atoms with Crippen molar-refractivity contribution in [3.63, 3.8) is 0 Å². The smallest absolute Gasteiger partial charge is 0.272 e. The summed E-state index contributed by atoms with van der Waals surface area (Å²) in [5.41, 5.74) is 1.24. The summed E-state index contributed by atoms with van der Waals surface area (Å²) in [4.78, 5) is 4.24. The fraction of sp³-hybridized carbons (Fsp3) is 0.100. The first-order chi connectivity index (χ1) is 7.63. The molecule has 1 aromatic heterocycles. The first kappa shape index (κ1) is 11.8. The highest BCUT2D eigenvalue weighted by Gasteiger charge is 2.13. The average Bonchev–Trinajstić information content (AvgIpc) is 2.23. The Hall–Kier alpha value is -0.710. The SMILES string of the molecule is Cc1ccc2c(Cl)cc(Cl)c(OSF)c2n1. The molecular formula is C10H6Cl2FNOS. The summed E-state index contributed by atoms with van der Waals surface area (Å²) in [5, 5.41) is 1.38. The lowest BCUT2D eigenvalue weighted by Gasteiger charge is -2.08. The lowest BCUT2D eigenvalue weighted by molar-refractivity contribution is 0.616. The van der Waals surface area contributed by atoms with Crippen LogP contribution in [0.3, 0.4) is 0 Å². The van der Waals surface area contributed by atoms with E-state index in [0.29, 0.717) is 15.9 Å². The van der Waals surface area contributed by atoms with Crippen LogP contribution in [0.2, 0.25) is 10.0 Å². The van der Waals surface area contributed by atoms with E-state index in [0.717, 1.165) is 5.69 Å². The third-order valence-corrected chi connectivity index (χ3v) is 2.92. The van der Waals surface area contributed by atoms with Gasteiger partial charge in [-0.1, -0.05) is 23.2 Å². The molecule has 6 heteroatoms. The average molecular weight is 278 g/mol. The lowest BCUT2D eigenvalue weighted by Crippen LogP contribution is -1.89. The van der Waals surface area contributed by atoms with Crippen molar-refractivity contribution in [2.75, 3.05) is 0 Å². The number of nitrogens with zero attached hydrogens (tertiary/aromatic N) is 1. The van der Waals surface area contributed by atoms with Gasteiger partial charge in [0, 0.05) is 11.1 Å². The Labute approximate surface area is 106 Å². The molecule has 1 aromatic carbocycles. The second-order valence-corrected chi connectivity index (χ2v) is 4.27. The molecule has 0 saturated carbocycles. The van der Waals surface area contributed by atoms with Crippen molar-refractivity contribution in [2.24, 2.45) is 0 Å². The van der Waals surface area contributed by atoms with Crippen molar-refractivity contribution in [1.82, 2.24) is 4.98 Å². The van der Waals surface area contributed by atoms with Crippen molar-refractivity contribution >= 4 is 46.5 Å². The molecule has 84 valence electrons. The molecule has 0 saturated heterocycles. The number of hydrogen-bond donors (Lipinski definition) is 0. The van der Waals surface area contributed by atoms with Crippen LogP contribution in [-0.2, 0) is 0 Å². The third-order valence-electron chi connectivity index (χ3n) is 2.09. The number of halogens is 3. The molecule has 0 radical (unpaired) electrons. The highest BCUT2D eigenvalue weighted by atomic mass is 35.5. The van der Waals surface area contributed by atoms with E-state index in [1.807, 2.05) is 13.0 Å². The van der Waals surface area contributed by atoms with Crippen molar-refractivity contribution in [2.45, 2.75) is 6.92 Å². The van der Waals surface area contributed by atoms with Gasteiger partial charge in [-0.25, -0.2) is 4.98 Å². The normalized spacial score (nSPS) is 10.8. The number of hydrogen-bond acceptors (Lipinski definition) is 3. The van der Waals surface area contributed by atoms with E-state index in [9.17, 15) is 3.89 Å². The Morgan fingerprint density at radius 1 is 1.31 bits per heavy atom. The van der Waals surface area contributed by atoms with E-state index in [-0.39, 0.29) is 23.2 Å². The minimum Gasteiger partial charge on any atom is -0.393 e. The maximum Gasteiger partial charge on any atom is 0.272 e. The highest BCUT2D eigenvalue weighted by Crippen LogP contribution is 2.38. The van der Waals surface area contributed by atoms with Crippen molar-refractivity contribution < 1.29 is 8.07 Å². The Bertz CT molecular complexity index is 550. The topological polar surface area (TPSA) is 22.1 Å². The van der Waals surface area contributed by atoms with Gasteiger partial charge < -0.3 is 4.18 Å². The molecule has 0 fully saturated rings. The minimum atomic E-state index is -0.272. The molecule has 2 nitrogen and oxygen atoms in total. The van der Waals surface area contributed by atoms with Crippen LogP contribution < -0.4 is 4.18 Å². The predicted molar refractivity (Wildman–Crippen MR) is 65.8 cm³/mol. The fourth-order valence-corrected chi connectivity index (χ4v) is 2.23. The van der Waals surface area contributed by atoms with Gasteiger partial charge in [0.05, 0.1) is 10.0 Å². The van der Waals surface area contributed by atoms with Gasteiger partial charge in [-0.15, -0.1) is 3.89 Å². The lowest BCUT2D eigenvalue weighted by atomic mass is 10.2. The van der Waals surface area contributed by atoms with Crippen LogP contribution in [0.4, 0.5) is 3.89 Å². The quantitative estimate of drug-likeness (QED) is 0.739. The number of aryl methyl sites for hydroxylation is 1. The summed E-state index contributed by atoms with van der Waals surface area (Å²) in [5.74, 6) is 0.192. The molecule has 0 aliphatic rings. The van der Waals surface area contributed by atoms with Gasteiger partial charge in [0.25, 0.3) is 12.4 Å². The van der Waals surface area contributed by atoms with Gasteiger partial charge in [0.15, 0.2) is 5.75 Å². The van der Waals surface area contributed by atoms with E-state index in [1.54, 1.807) is 6.07 Å². The van der Waals surface area contributed by atoms with Crippen LogP contribution in [0.1, 0.15) is 5.69 Å². The Kier molecular flexibility index (Phi) is 3.42. The Morgan fingerprint density at radius 3 is 2.75 bits per heavy atom. The summed E-state index contributed by atoms with van der Waals surface area (Å²) >= 11 is 11.6. The van der Waals surface area contributed by atoms with Crippen LogP contribution in [0, 0.1) is 6.92 Å². The molecule has 1 heterocycles. The third kappa shape index (κ3) is 2.05. The number of pyridine rings is 1. The zero-order valence-corrected chi connectivity index (χ0v) is 10.5. The van der Waals surface area contributed by atoms with Crippen LogP contribution >= 0.6 is 35.6 Å². The largest absolute Gasteiger partial charge is 0.393 e. The molecule has 0 bridgehead atoms. The molecule has 0 atom stereocenters. The summed E-state index contributed by atoms with van der Waals surface area (Å²) in [6.45, 7) is 1.82. The van der Waals surface area contributed by atoms with Crippen LogP contribution in [0.5, 0.6) is 5.75 Å². The van der Waals surface area contributed by atoms with Gasteiger partial charge in [0.2, 0.25) is 0 Å². The van der Waals surface area contributed by atoms with Crippen molar-refractivity contribution in [1.29, 1.82) is 0 Å². The van der Waals surface area contributed by atoms with Gasteiger partial charge in [-0.05, 0) is 25.1 Å². The molecule has 0 aliphatic heterocycles. The minimum absolute atomic E-state index is 0.192. The first-order valence-electron chi connectivity index (χ1n) is 4.34. The number of fused-ring (bicyclic) bond motifs is 1. The van der Waals surface area contributed by atoms with Crippen LogP contribution in [0.25, 0.3) is 10.9 Å². The second-order valence-electron chi connectivity index (χ2n) is 3.16. The summed E-state index contributed by atoms with van der Waals surface area (Å²) in [7, 11) is 0. The van der Waals surface area contributed by atoms with Crippen LogP contribution in [0.15, 0.2) is 18.2 Å². The predicted octanol–water partition coefficient (Wildman–Crippen LogP) is 4.76. The van der Waals surface area contributed by atoms with Gasteiger partial charge >= 0.3 is 0 Å². The Balaban J connectivity index is 2.80. The molecule has 16 heavy (non-hydrogen) atoms. The molecule has 0 spiro atoms.